The number of aromatic nitrogens is 4. The number of H-pyrrole nitrogens is 1. The minimum atomic E-state index is -0.391. The van der Waals surface area contributed by atoms with Gasteiger partial charge in [0.1, 0.15) is 17.7 Å². The molecule has 0 aliphatic carbocycles. The summed E-state index contributed by atoms with van der Waals surface area (Å²) in [6, 6.07) is 19.2. The van der Waals surface area contributed by atoms with Crippen LogP contribution in [0, 0.1) is 17.1 Å². The highest BCUT2D eigenvalue weighted by molar-refractivity contribution is 5.99. The van der Waals surface area contributed by atoms with Gasteiger partial charge in [-0.2, -0.15) is 10.4 Å². The van der Waals surface area contributed by atoms with Gasteiger partial charge in [0.2, 0.25) is 0 Å². The van der Waals surface area contributed by atoms with Crippen molar-refractivity contribution < 1.29 is 9.18 Å². The molecule has 3 aromatic heterocycles. The van der Waals surface area contributed by atoms with Crippen LogP contribution in [-0.2, 0) is 13.0 Å². The molecule has 0 aliphatic heterocycles. The number of aromatic amines is 1. The third-order valence-corrected chi connectivity index (χ3v) is 6.84. The molecular weight excluding hydrogens is 519 g/mol. The molecule has 5 rings (SSSR count). The molecule has 5 aromatic rings. The van der Waals surface area contributed by atoms with E-state index in [0.29, 0.717) is 18.9 Å². The highest BCUT2D eigenvalue weighted by atomic mass is 19.1. The minimum absolute atomic E-state index is 0.250. The number of halogens is 1. The van der Waals surface area contributed by atoms with Gasteiger partial charge in [-0.1, -0.05) is 36.4 Å². The maximum absolute atomic E-state index is 13.3. The highest BCUT2D eigenvalue weighted by Crippen LogP contribution is 2.25. The van der Waals surface area contributed by atoms with Crippen molar-refractivity contribution in [3.8, 4) is 17.2 Å². The summed E-state index contributed by atoms with van der Waals surface area (Å²) in [4.78, 5) is 22.0. The second kappa shape index (κ2) is 12.4. The minimum Gasteiger partial charge on any atom is -0.365 e. The number of nitrogens with one attached hydrogen (secondary N) is 3. The summed E-state index contributed by atoms with van der Waals surface area (Å²) < 4.78 is 13.3. The molecule has 1 atom stereocenters. The Morgan fingerprint density at radius 1 is 1.07 bits per heavy atom. The van der Waals surface area contributed by atoms with Gasteiger partial charge in [0, 0.05) is 29.9 Å². The molecule has 0 saturated carbocycles. The van der Waals surface area contributed by atoms with Crippen LogP contribution in [0.15, 0.2) is 73.1 Å². The number of aryl methyl sites for hydroxylation is 1. The van der Waals surface area contributed by atoms with Crippen LogP contribution in [0.1, 0.15) is 52.1 Å². The molecular formula is C31H29FN8O. The summed E-state index contributed by atoms with van der Waals surface area (Å²) in [5, 5.41) is 23.8. The maximum atomic E-state index is 13.3. The number of benzene rings is 2. The molecule has 10 heteroatoms. The van der Waals surface area contributed by atoms with E-state index in [9.17, 15) is 14.4 Å². The number of amides is 1. The molecule has 206 valence electrons. The van der Waals surface area contributed by atoms with E-state index in [1.807, 2.05) is 43.5 Å². The zero-order valence-electron chi connectivity index (χ0n) is 22.5. The van der Waals surface area contributed by atoms with Crippen molar-refractivity contribution in [1.29, 1.82) is 5.26 Å². The van der Waals surface area contributed by atoms with Crippen molar-refractivity contribution in [3.05, 3.63) is 107 Å². The third kappa shape index (κ3) is 6.37. The largest absolute Gasteiger partial charge is 0.365 e. The first-order valence-corrected chi connectivity index (χ1v) is 13.3. The average molecular weight is 549 g/mol. The fourth-order valence-corrected chi connectivity index (χ4v) is 4.52. The second-order valence-corrected chi connectivity index (χ2v) is 9.71. The van der Waals surface area contributed by atoms with Crippen LogP contribution in [-0.4, -0.2) is 32.6 Å². The van der Waals surface area contributed by atoms with Gasteiger partial charge in [0.25, 0.3) is 5.91 Å². The zero-order valence-corrected chi connectivity index (χ0v) is 22.5. The number of anilines is 1. The van der Waals surface area contributed by atoms with Gasteiger partial charge in [0.15, 0.2) is 5.65 Å². The van der Waals surface area contributed by atoms with E-state index in [2.05, 4.69) is 36.9 Å². The van der Waals surface area contributed by atoms with Crippen LogP contribution < -0.4 is 16.4 Å². The highest BCUT2D eigenvalue weighted by Gasteiger charge is 2.17. The number of carbonyl (C=O) groups excluding carboxylic acids is 1. The number of nitrogens with zero attached hydrogens (tertiary/aromatic N) is 4. The van der Waals surface area contributed by atoms with Crippen LogP contribution in [0.25, 0.3) is 22.2 Å². The van der Waals surface area contributed by atoms with Gasteiger partial charge < -0.3 is 16.4 Å². The fraction of sp³-hybridized carbons (Fsp3) is 0.194. The smallest absolute Gasteiger partial charge is 0.255 e. The standard InChI is InChI=1S/C31H29FN8O/c1-19(22-8-10-25(32)11-9-22)38-31(41)27-13-21(15-34)17-36-29(27)35-16-20-4-6-23(7-5-20)24-14-26-28(3-2-12-33)39-40-30(26)37-18-24/h4-11,13-14,17-19H,2-3,12,16,33H2,1H3,(H,35,36)(H,38,41)(H,37,39,40)/t19-/m0/s1. The summed E-state index contributed by atoms with van der Waals surface area (Å²) in [6.07, 6.45) is 4.89. The third-order valence-electron chi connectivity index (χ3n) is 6.84. The topological polar surface area (TPSA) is 145 Å². The predicted octanol–water partition coefficient (Wildman–Crippen LogP) is 5.03. The Kier molecular flexibility index (Phi) is 8.27. The van der Waals surface area contributed by atoms with Crippen molar-refractivity contribution in [2.45, 2.75) is 32.4 Å². The van der Waals surface area contributed by atoms with Crippen LogP contribution in [0.4, 0.5) is 10.2 Å². The van der Waals surface area contributed by atoms with E-state index in [1.54, 1.807) is 12.1 Å². The first kappa shape index (κ1) is 27.4. The van der Waals surface area contributed by atoms with Gasteiger partial charge in [0.05, 0.1) is 22.9 Å². The normalized spacial score (nSPS) is 11.7. The Morgan fingerprint density at radius 2 is 1.85 bits per heavy atom. The van der Waals surface area contributed by atoms with E-state index in [1.165, 1.54) is 24.4 Å². The molecule has 9 nitrogen and oxygen atoms in total. The average Bonchev–Trinajstić information content (AvgIpc) is 3.41. The molecule has 0 unspecified atom stereocenters. The van der Waals surface area contributed by atoms with Crippen LogP contribution in [0.2, 0.25) is 0 Å². The number of hydrogen-bond donors (Lipinski definition) is 4. The molecule has 41 heavy (non-hydrogen) atoms. The number of carbonyl (C=O) groups is 1. The van der Waals surface area contributed by atoms with Gasteiger partial charge in [-0.3, -0.25) is 9.89 Å². The lowest BCUT2D eigenvalue weighted by molar-refractivity contribution is 0.0940. The van der Waals surface area contributed by atoms with Crippen molar-refractivity contribution in [1.82, 2.24) is 25.5 Å². The molecule has 2 aromatic carbocycles. The van der Waals surface area contributed by atoms with Crippen molar-refractivity contribution >= 4 is 22.8 Å². The number of rotatable bonds is 10. The molecule has 0 saturated heterocycles. The molecule has 5 N–H and O–H groups in total. The van der Waals surface area contributed by atoms with E-state index < -0.39 is 5.91 Å². The molecule has 0 radical (unpaired) electrons. The van der Waals surface area contributed by atoms with Crippen LogP contribution in [0.3, 0.4) is 0 Å². The summed E-state index contributed by atoms with van der Waals surface area (Å²) in [5.74, 6) is -0.380. The van der Waals surface area contributed by atoms with Gasteiger partial charge >= 0.3 is 0 Å². The van der Waals surface area contributed by atoms with E-state index in [-0.39, 0.29) is 23.0 Å². The summed E-state index contributed by atoms with van der Waals surface area (Å²) in [7, 11) is 0. The lowest BCUT2D eigenvalue weighted by atomic mass is 10.0. The molecule has 3 heterocycles. The monoisotopic (exact) mass is 548 g/mol. The van der Waals surface area contributed by atoms with Gasteiger partial charge in [-0.05, 0) is 67.3 Å². The first-order valence-electron chi connectivity index (χ1n) is 13.3. The Balaban J connectivity index is 1.29. The van der Waals surface area contributed by atoms with Gasteiger partial charge in [-0.25, -0.2) is 14.4 Å². The van der Waals surface area contributed by atoms with Crippen molar-refractivity contribution in [3.63, 3.8) is 0 Å². The second-order valence-electron chi connectivity index (χ2n) is 9.71. The van der Waals surface area contributed by atoms with Gasteiger partial charge in [-0.15, -0.1) is 0 Å². The predicted molar refractivity (Wildman–Crippen MR) is 155 cm³/mol. The van der Waals surface area contributed by atoms with E-state index in [0.717, 1.165) is 51.8 Å². The number of nitrogens with two attached hydrogens (primary N) is 1. The number of fused-ring (bicyclic) bond motifs is 1. The number of hydrogen-bond acceptors (Lipinski definition) is 7. The lowest BCUT2D eigenvalue weighted by Crippen LogP contribution is -2.28. The molecule has 1 amide bonds. The number of nitriles is 1. The summed E-state index contributed by atoms with van der Waals surface area (Å²) in [6.45, 7) is 2.83. The van der Waals surface area contributed by atoms with Crippen LogP contribution >= 0.6 is 0 Å². The van der Waals surface area contributed by atoms with E-state index in [4.69, 9.17) is 5.73 Å². The fourth-order valence-electron chi connectivity index (χ4n) is 4.52. The quantitative estimate of drug-likeness (QED) is 0.192. The Labute approximate surface area is 236 Å². The zero-order chi connectivity index (χ0) is 28.8. The molecule has 0 bridgehead atoms. The van der Waals surface area contributed by atoms with Crippen LogP contribution in [0.5, 0.6) is 0 Å². The first-order chi connectivity index (χ1) is 19.9. The molecule has 0 spiro atoms. The number of pyridine rings is 2. The van der Waals surface area contributed by atoms with Crippen molar-refractivity contribution in [2.24, 2.45) is 5.73 Å². The van der Waals surface area contributed by atoms with E-state index >= 15 is 0 Å². The molecule has 0 fully saturated rings. The Morgan fingerprint density at radius 3 is 2.59 bits per heavy atom. The SMILES string of the molecule is C[C@H](NC(=O)c1cc(C#N)cnc1NCc1ccc(-c2cnc3[nH]nc(CCCN)c3c2)cc1)c1ccc(F)cc1. The Bertz CT molecular complexity index is 1710. The van der Waals surface area contributed by atoms with Crippen molar-refractivity contribution in [2.75, 3.05) is 11.9 Å². The maximum Gasteiger partial charge on any atom is 0.255 e. The lowest BCUT2D eigenvalue weighted by Gasteiger charge is -2.16. The molecule has 0 aliphatic rings. The summed E-state index contributed by atoms with van der Waals surface area (Å²) >= 11 is 0. The Hall–Kier alpha value is -5.14. The summed E-state index contributed by atoms with van der Waals surface area (Å²) in [5.41, 5.74) is 11.6.